The number of aromatic hydroxyl groups is 2. The van der Waals surface area contributed by atoms with Crippen LogP contribution in [-0.2, 0) is 21.7 Å². The molecule has 0 amide bonds. The molecule has 2 rings (SSSR count). The highest BCUT2D eigenvalue weighted by molar-refractivity contribution is 5.85. The number of rotatable bonds is 0. The summed E-state index contributed by atoms with van der Waals surface area (Å²) >= 11 is 0. The Hall–Kier alpha value is -1.67. The van der Waals surface area contributed by atoms with E-state index in [1.165, 1.54) is 11.1 Å². The van der Waals surface area contributed by atoms with E-state index in [9.17, 15) is 10.2 Å². The van der Waals surface area contributed by atoms with Gasteiger partial charge < -0.3 is 10.2 Å². The molecule has 176 valence electrons. The van der Waals surface area contributed by atoms with Crippen molar-refractivity contribution in [2.24, 2.45) is 0 Å². The first kappa shape index (κ1) is 29.3. The molecule has 0 unspecified atom stereocenters. The van der Waals surface area contributed by atoms with Gasteiger partial charge in [0.1, 0.15) is 11.5 Å². The molecule has 0 aliphatic rings. The highest BCUT2D eigenvalue weighted by atomic mass is 35.5. The first-order valence-electron chi connectivity index (χ1n) is 10.9. The molecule has 2 nitrogen and oxygen atoms in total. The minimum Gasteiger partial charge on any atom is -0.508 e. The standard InChI is InChI=1S/2C14H22O.ClH/c2*1-13(2,3)10-7-8-12(15)11(9-10)14(4,5)6;/h2*7-9,15H,1-6H3;1H. The second-order valence-corrected chi connectivity index (χ2v) is 12.5. The van der Waals surface area contributed by atoms with Gasteiger partial charge in [-0.2, -0.15) is 0 Å². The van der Waals surface area contributed by atoms with E-state index in [2.05, 4.69) is 95.2 Å². The predicted octanol–water partition coefficient (Wildman–Crippen LogP) is 8.40. The summed E-state index contributed by atoms with van der Waals surface area (Å²) in [6.07, 6.45) is 0. The molecule has 0 fully saturated rings. The zero-order chi connectivity index (χ0) is 23.7. The summed E-state index contributed by atoms with van der Waals surface area (Å²) in [6, 6.07) is 11.9. The number of halogens is 1. The third-order valence-electron chi connectivity index (χ3n) is 5.34. The zero-order valence-electron chi connectivity index (χ0n) is 21.8. The van der Waals surface area contributed by atoms with E-state index in [-0.39, 0.29) is 34.1 Å². The highest BCUT2D eigenvalue weighted by Gasteiger charge is 2.23. The average Bonchev–Trinajstić information content (AvgIpc) is 2.51. The van der Waals surface area contributed by atoms with Gasteiger partial charge in [0.15, 0.2) is 0 Å². The van der Waals surface area contributed by atoms with Crippen LogP contribution >= 0.6 is 12.4 Å². The molecule has 0 heterocycles. The lowest BCUT2D eigenvalue weighted by molar-refractivity contribution is 0.444. The van der Waals surface area contributed by atoms with E-state index < -0.39 is 0 Å². The van der Waals surface area contributed by atoms with Crippen LogP contribution in [0.3, 0.4) is 0 Å². The van der Waals surface area contributed by atoms with Crippen LogP contribution in [0.5, 0.6) is 11.5 Å². The third-order valence-corrected chi connectivity index (χ3v) is 5.34. The van der Waals surface area contributed by atoms with Gasteiger partial charge >= 0.3 is 0 Å². The maximum atomic E-state index is 9.84. The molecule has 0 radical (unpaired) electrons. The number of phenols is 2. The van der Waals surface area contributed by atoms with Crippen molar-refractivity contribution in [3.05, 3.63) is 58.7 Å². The molecule has 2 aromatic rings. The molecule has 3 heteroatoms. The molecule has 0 saturated carbocycles. The zero-order valence-corrected chi connectivity index (χ0v) is 22.6. The fraction of sp³-hybridized carbons (Fsp3) is 0.571. The van der Waals surface area contributed by atoms with Gasteiger partial charge in [-0.15, -0.1) is 12.4 Å². The first-order chi connectivity index (χ1) is 13.2. The van der Waals surface area contributed by atoms with Crippen molar-refractivity contribution in [3.63, 3.8) is 0 Å². The van der Waals surface area contributed by atoms with Crippen LogP contribution < -0.4 is 0 Å². The average molecular weight is 449 g/mol. The van der Waals surface area contributed by atoms with Crippen LogP contribution in [0.1, 0.15) is 105 Å². The molecule has 0 aliphatic heterocycles. The summed E-state index contributed by atoms with van der Waals surface area (Å²) < 4.78 is 0. The minimum atomic E-state index is -0.00859. The van der Waals surface area contributed by atoms with E-state index in [0.29, 0.717) is 11.5 Å². The predicted molar refractivity (Wildman–Crippen MR) is 138 cm³/mol. The van der Waals surface area contributed by atoms with Gasteiger partial charge in [0.25, 0.3) is 0 Å². The van der Waals surface area contributed by atoms with Crippen molar-refractivity contribution in [2.75, 3.05) is 0 Å². The molecule has 0 bridgehead atoms. The Labute approximate surface area is 197 Å². The molecule has 0 aliphatic carbocycles. The Morgan fingerprint density at radius 2 is 0.710 bits per heavy atom. The third kappa shape index (κ3) is 8.41. The van der Waals surface area contributed by atoms with Gasteiger partial charge in [0.05, 0.1) is 0 Å². The topological polar surface area (TPSA) is 40.5 Å². The highest BCUT2D eigenvalue weighted by Crippen LogP contribution is 2.35. The summed E-state index contributed by atoms with van der Waals surface area (Å²) in [5, 5.41) is 19.7. The van der Waals surface area contributed by atoms with Crippen LogP contribution in [0.25, 0.3) is 0 Å². The molecule has 0 spiro atoms. The summed E-state index contributed by atoms with van der Waals surface area (Å²) in [5.41, 5.74) is 4.83. The summed E-state index contributed by atoms with van der Waals surface area (Å²) in [6.45, 7) is 25.8. The van der Waals surface area contributed by atoms with Gasteiger partial charge in [0.2, 0.25) is 0 Å². The fourth-order valence-electron chi connectivity index (χ4n) is 3.21. The van der Waals surface area contributed by atoms with Crippen molar-refractivity contribution in [2.45, 2.75) is 105 Å². The summed E-state index contributed by atoms with van der Waals surface area (Å²) in [7, 11) is 0. The second-order valence-electron chi connectivity index (χ2n) is 12.5. The summed E-state index contributed by atoms with van der Waals surface area (Å²) in [5.74, 6) is 0.797. The van der Waals surface area contributed by atoms with Crippen LogP contribution in [-0.4, -0.2) is 10.2 Å². The lowest BCUT2D eigenvalue weighted by atomic mass is 9.80. The molecule has 2 aromatic carbocycles. The van der Waals surface area contributed by atoms with Crippen molar-refractivity contribution < 1.29 is 10.2 Å². The van der Waals surface area contributed by atoms with E-state index in [4.69, 9.17) is 0 Å². The van der Waals surface area contributed by atoms with Gasteiger partial charge in [0, 0.05) is 0 Å². The fourth-order valence-corrected chi connectivity index (χ4v) is 3.21. The van der Waals surface area contributed by atoms with Crippen molar-refractivity contribution >= 4 is 12.4 Å². The van der Waals surface area contributed by atoms with Crippen LogP contribution in [0.15, 0.2) is 36.4 Å². The Morgan fingerprint density at radius 3 is 0.903 bits per heavy atom. The molecule has 2 N–H and O–H groups in total. The van der Waals surface area contributed by atoms with E-state index >= 15 is 0 Å². The first-order valence-corrected chi connectivity index (χ1v) is 10.9. The van der Waals surface area contributed by atoms with Crippen molar-refractivity contribution in [1.82, 2.24) is 0 Å². The molecule has 0 saturated heterocycles. The van der Waals surface area contributed by atoms with Crippen LogP contribution in [0.4, 0.5) is 0 Å². The van der Waals surface area contributed by atoms with Gasteiger partial charge in [-0.1, -0.05) is 107 Å². The maximum absolute atomic E-state index is 9.84. The normalized spacial score (nSPS) is 12.5. The van der Waals surface area contributed by atoms with E-state index in [1.807, 2.05) is 12.1 Å². The Balaban J connectivity index is 0.000000562. The van der Waals surface area contributed by atoms with Crippen molar-refractivity contribution in [1.29, 1.82) is 0 Å². The summed E-state index contributed by atoms with van der Waals surface area (Å²) in [4.78, 5) is 0. The quantitative estimate of drug-likeness (QED) is 0.424. The molecular formula is C28H45ClO2. The Bertz CT molecular complexity index is 781. The number of hydrogen-bond acceptors (Lipinski definition) is 2. The largest absolute Gasteiger partial charge is 0.508 e. The smallest absolute Gasteiger partial charge is 0.119 e. The maximum Gasteiger partial charge on any atom is 0.119 e. The second kappa shape index (κ2) is 9.86. The monoisotopic (exact) mass is 448 g/mol. The Kier molecular flexibility index (Phi) is 9.33. The SMILES string of the molecule is CC(C)(C)c1ccc(O)c(C(C)(C)C)c1.CC(C)(C)c1ccc(O)c(C(C)(C)C)c1.Cl. The molecule has 0 atom stereocenters. The molecule has 31 heavy (non-hydrogen) atoms. The number of benzene rings is 2. The van der Waals surface area contributed by atoms with Crippen LogP contribution in [0, 0.1) is 0 Å². The van der Waals surface area contributed by atoms with Gasteiger partial charge in [-0.25, -0.2) is 0 Å². The molecular weight excluding hydrogens is 404 g/mol. The van der Waals surface area contributed by atoms with Gasteiger partial charge in [-0.3, -0.25) is 0 Å². The Morgan fingerprint density at radius 1 is 0.452 bits per heavy atom. The van der Waals surface area contributed by atoms with E-state index in [1.54, 1.807) is 12.1 Å². The van der Waals surface area contributed by atoms with E-state index in [0.717, 1.165) is 11.1 Å². The van der Waals surface area contributed by atoms with Crippen molar-refractivity contribution in [3.8, 4) is 11.5 Å². The minimum absolute atomic E-state index is 0. The lowest BCUT2D eigenvalue weighted by Crippen LogP contribution is -2.16. The molecule has 0 aromatic heterocycles. The van der Waals surface area contributed by atoms with Gasteiger partial charge in [-0.05, 0) is 56.0 Å². The lowest BCUT2D eigenvalue weighted by Gasteiger charge is -2.25. The van der Waals surface area contributed by atoms with Crippen LogP contribution in [0.2, 0.25) is 0 Å². The number of phenolic OH excluding ortho intramolecular Hbond substituents is 2. The number of hydrogen-bond donors (Lipinski definition) is 2.